The number of likely N-dealkylation sites (tertiary alicyclic amines) is 1. The molecule has 0 atom stereocenters. The first-order valence-corrected chi connectivity index (χ1v) is 10.00. The molecule has 3 amide bonds. The minimum atomic E-state index is -0.00770. The summed E-state index contributed by atoms with van der Waals surface area (Å²) in [6.07, 6.45) is 1.51. The van der Waals surface area contributed by atoms with E-state index in [9.17, 15) is 9.59 Å². The predicted molar refractivity (Wildman–Crippen MR) is 104 cm³/mol. The molecule has 0 radical (unpaired) electrons. The van der Waals surface area contributed by atoms with Crippen molar-refractivity contribution >= 4 is 23.7 Å². The molecule has 1 N–H and O–H groups in total. The number of thioether (sulfide) groups is 1. The molecule has 0 aromatic heterocycles. The van der Waals surface area contributed by atoms with Crippen LogP contribution in [0.1, 0.15) is 24.0 Å². The molecule has 0 unspecified atom stereocenters. The predicted octanol–water partition coefficient (Wildman–Crippen LogP) is 2.74. The van der Waals surface area contributed by atoms with Crippen molar-refractivity contribution in [3.8, 4) is 0 Å². The van der Waals surface area contributed by atoms with Crippen LogP contribution in [0.25, 0.3) is 0 Å². The van der Waals surface area contributed by atoms with Gasteiger partial charge in [0.05, 0.1) is 0 Å². The molecule has 1 fully saturated rings. The summed E-state index contributed by atoms with van der Waals surface area (Å²) >= 11 is 1.82. The highest BCUT2D eigenvalue weighted by Gasteiger charge is 2.27. The molecule has 2 rings (SSSR count). The van der Waals surface area contributed by atoms with E-state index in [1.165, 1.54) is 11.1 Å². The highest BCUT2D eigenvalue weighted by molar-refractivity contribution is 7.98. The van der Waals surface area contributed by atoms with Crippen molar-refractivity contribution in [1.82, 2.24) is 15.1 Å². The summed E-state index contributed by atoms with van der Waals surface area (Å²) in [5.74, 6) is 2.10. The first-order chi connectivity index (χ1) is 12.0. The standard InChI is InChI=1S/C19H29N3O2S/c1-15-4-6-16(7-5-15)14-25-13-10-20-19(24)22-11-8-17(9-12-22)18(23)21(2)3/h4-7,17H,8-14H2,1-3H3,(H,20,24). The molecule has 1 aromatic carbocycles. The summed E-state index contributed by atoms with van der Waals surface area (Å²) in [6.45, 7) is 4.08. The van der Waals surface area contributed by atoms with E-state index in [4.69, 9.17) is 0 Å². The largest absolute Gasteiger partial charge is 0.349 e. The fourth-order valence-corrected chi connectivity index (χ4v) is 3.73. The number of urea groups is 1. The molecule has 1 saturated heterocycles. The van der Waals surface area contributed by atoms with Gasteiger partial charge in [-0.05, 0) is 25.3 Å². The zero-order valence-corrected chi connectivity index (χ0v) is 16.3. The van der Waals surface area contributed by atoms with E-state index in [1.807, 2.05) is 16.7 Å². The molecular weight excluding hydrogens is 334 g/mol. The van der Waals surface area contributed by atoms with E-state index in [0.717, 1.165) is 24.3 Å². The molecule has 0 spiro atoms. The number of hydrogen-bond acceptors (Lipinski definition) is 3. The molecule has 138 valence electrons. The quantitative estimate of drug-likeness (QED) is 0.791. The summed E-state index contributed by atoms with van der Waals surface area (Å²) in [5.41, 5.74) is 2.59. The van der Waals surface area contributed by atoms with E-state index >= 15 is 0 Å². The van der Waals surface area contributed by atoms with Crippen molar-refractivity contribution in [2.24, 2.45) is 5.92 Å². The number of piperidine rings is 1. The lowest BCUT2D eigenvalue weighted by atomic mass is 9.96. The van der Waals surface area contributed by atoms with Crippen molar-refractivity contribution in [3.05, 3.63) is 35.4 Å². The maximum absolute atomic E-state index is 12.2. The van der Waals surface area contributed by atoms with Crippen LogP contribution in [0.15, 0.2) is 24.3 Å². The van der Waals surface area contributed by atoms with Crippen LogP contribution < -0.4 is 5.32 Å². The van der Waals surface area contributed by atoms with Crippen molar-refractivity contribution in [1.29, 1.82) is 0 Å². The van der Waals surface area contributed by atoms with Gasteiger partial charge in [-0.3, -0.25) is 4.79 Å². The monoisotopic (exact) mass is 363 g/mol. The summed E-state index contributed by atoms with van der Waals surface area (Å²) in [4.78, 5) is 27.6. The number of carbonyl (C=O) groups excluding carboxylic acids is 2. The third kappa shape index (κ3) is 6.27. The van der Waals surface area contributed by atoms with Crippen LogP contribution in [-0.4, -0.2) is 61.2 Å². The van der Waals surface area contributed by atoms with E-state index in [0.29, 0.717) is 19.6 Å². The second-order valence-corrected chi connectivity index (χ2v) is 7.87. The number of amides is 3. The molecule has 25 heavy (non-hydrogen) atoms. The molecule has 0 saturated carbocycles. The Kier molecular flexibility index (Phi) is 7.62. The molecule has 1 aliphatic rings. The third-order valence-electron chi connectivity index (χ3n) is 4.48. The van der Waals surface area contributed by atoms with Crippen LogP contribution in [0, 0.1) is 12.8 Å². The zero-order valence-electron chi connectivity index (χ0n) is 15.5. The number of benzene rings is 1. The normalized spacial score (nSPS) is 15.1. The smallest absolute Gasteiger partial charge is 0.317 e. The minimum absolute atomic E-state index is 0.00770. The Balaban J connectivity index is 1.60. The lowest BCUT2D eigenvalue weighted by Gasteiger charge is -2.32. The van der Waals surface area contributed by atoms with Crippen molar-refractivity contribution in [3.63, 3.8) is 0 Å². The van der Waals surface area contributed by atoms with Crippen LogP contribution in [0.4, 0.5) is 4.79 Å². The van der Waals surface area contributed by atoms with Crippen LogP contribution in [-0.2, 0) is 10.5 Å². The first-order valence-electron chi connectivity index (χ1n) is 8.84. The molecule has 6 heteroatoms. The highest BCUT2D eigenvalue weighted by Crippen LogP contribution is 2.19. The number of nitrogens with one attached hydrogen (secondary N) is 1. The lowest BCUT2D eigenvalue weighted by molar-refractivity contribution is -0.134. The van der Waals surface area contributed by atoms with Gasteiger partial charge in [-0.15, -0.1) is 0 Å². The second-order valence-electron chi connectivity index (χ2n) is 6.76. The topological polar surface area (TPSA) is 52.7 Å². The van der Waals surface area contributed by atoms with Gasteiger partial charge in [-0.25, -0.2) is 4.79 Å². The van der Waals surface area contributed by atoms with Gasteiger partial charge in [0.2, 0.25) is 5.91 Å². The van der Waals surface area contributed by atoms with Crippen LogP contribution in [0.2, 0.25) is 0 Å². The third-order valence-corrected chi connectivity index (χ3v) is 5.51. The van der Waals surface area contributed by atoms with Crippen LogP contribution >= 0.6 is 11.8 Å². The second kappa shape index (κ2) is 9.70. The maximum Gasteiger partial charge on any atom is 0.317 e. The number of aryl methyl sites for hydroxylation is 1. The van der Waals surface area contributed by atoms with Gasteiger partial charge >= 0.3 is 6.03 Å². The summed E-state index contributed by atoms with van der Waals surface area (Å²) in [5, 5.41) is 2.99. The van der Waals surface area contributed by atoms with Crippen molar-refractivity contribution in [2.45, 2.75) is 25.5 Å². The summed E-state index contributed by atoms with van der Waals surface area (Å²) in [7, 11) is 3.57. The summed E-state index contributed by atoms with van der Waals surface area (Å²) in [6, 6.07) is 8.55. The van der Waals surface area contributed by atoms with Crippen LogP contribution in [0.5, 0.6) is 0 Å². The Bertz CT molecular complexity index is 567. The van der Waals surface area contributed by atoms with Gasteiger partial charge in [-0.1, -0.05) is 29.8 Å². The SMILES string of the molecule is Cc1ccc(CSCCNC(=O)N2CCC(C(=O)N(C)C)CC2)cc1. The molecule has 1 heterocycles. The van der Waals surface area contributed by atoms with E-state index < -0.39 is 0 Å². The van der Waals surface area contributed by atoms with Gasteiger partial charge in [-0.2, -0.15) is 11.8 Å². The zero-order chi connectivity index (χ0) is 18.2. The average molecular weight is 364 g/mol. The average Bonchev–Trinajstić information content (AvgIpc) is 2.62. The molecule has 0 bridgehead atoms. The number of hydrogen-bond donors (Lipinski definition) is 1. The van der Waals surface area contributed by atoms with Gasteiger partial charge in [0.15, 0.2) is 0 Å². The fraction of sp³-hybridized carbons (Fsp3) is 0.579. The molecule has 5 nitrogen and oxygen atoms in total. The Morgan fingerprint density at radius 1 is 1.20 bits per heavy atom. The van der Waals surface area contributed by atoms with Crippen LogP contribution in [0.3, 0.4) is 0 Å². The molecule has 0 aliphatic carbocycles. The Morgan fingerprint density at radius 2 is 1.84 bits per heavy atom. The van der Waals surface area contributed by atoms with Gasteiger partial charge in [0.25, 0.3) is 0 Å². The van der Waals surface area contributed by atoms with Gasteiger partial charge in [0.1, 0.15) is 0 Å². The number of nitrogens with zero attached hydrogens (tertiary/aromatic N) is 2. The number of rotatable bonds is 6. The summed E-state index contributed by atoms with van der Waals surface area (Å²) < 4.78 is 0. The van der Waals surface area contributed by atoms with Crippen molar-refractivity contribution < 1.29 is 9.59 Å². The Labute approximate surface area is 155 Å². The number of carbonyl (C=O) groups is 2. The Morgan fingerprint density at radius 3 is 2.44 bits per heavy atom. The first kappa shape index (κ1) is 19.6. The van der Waals surface area contributed by atoms with E-state index in [2.05, 4.69) is 36.5 Å². The van der Waals surface area contributed by atoms with Gasteiger partial charge < -0.3 is 15.1 Å². The minimum Gasteiger partial charge on any atom is -0.349 e. The van der Waals surface area contributed by atoms with Gasteiger partial charge in [0, 0.05) is 51.2 Å². The Hall–Kier alpha value is -1.69. The molecule has 1 aliphatic heterocycles. The molecule has 1 aromatic rings. The maximum atomic E-state index is 12.2. The van der Waals surface area contributed by atoms with E-state index in [-0.39, 0.29) is 17.9 Å². The lowest BCUT2D eigenvalue weighted by Crippen LogP contribution is -2.47. The highest BCUT2D eigenvalue weighted by atomic mass is 32.2. The fourth-order valence-electron chi connectivity index (χ4n) is 2.91. The van der Waals surface area contributed by atoms with Crippen molar-refractivity contribution in [2.75, 3.05) is 39.5 Å². The van der Waals surface area contributed by atoms with E-state index in [1.54, 1.807) is 19.0 Å². The molecular formula is C19H29N3O2S.